The lowest BCUT2D eigenvalue weighted by Gasteiger charge is -2.14. The summed E-state index contributed by atoms with van der Waals surface area (Å²) < 4.78 is 47.6. The van der Waals surface area contributed by atoms with E-state index in [1.165, 1.54) is 77.0 Å². The molecule has 0 atom stereocenters. The van der Waals surface area contributed by atoms with Crippen LogP contribution in [0.5, 0.6) is 23.0 Å². The maximum Gasteiger partial charge on any atom is 0.263 e. The minimum Gasteiger partial charge on any atom is -0.496 e. The van der Waals surface area contributed by atoms with Gasteiger partial charge in [0.05, 0.1) is 38.2 Å². The first-order chi connectivity index (χ1) is 19.7. The van der Waals surface area contributed by atoms with Gasteiger partial charge >= 0.3 is 0 Å². The van der Waals surface area contributed by atoms with Crippen molar-refractivity contribution in [2.45, 2.75) is 9.79 Å². The van der Waals surface area contributed by atoms with Crippen molar-refractivity contribution in [2.24, 2.45) is 0 Å². The predicted molar refractivity (Wildman–Crippen MR) is 153 cm³/mol. The van der Waals surface area contributed by atoms with Crippen LogP contribution in [-0.4, -0.2) is 48.7 Å². The summed E-state index contributed by atoms with van der Waals surface area (Å²) in [6.07, 6.45) is 0. The number of ether oxygens (including phenoxy) is 4. The molecule has 11 heteroatoms. The van der Waals surface area contributed by atoms with Crippen LogP contribution in [0, 0.1) is 0 Å². The quantitative estimate of drug-likeness (QED) is 0.268. The van der Waals surface area contributed by atoms with E-state index in [0.29, 0.717) is 34.4 Å². The minimum atomic E-state index is -3.88. The molecule has 2 N–H and O–H groups in total. The van der Waals surface area contributed by atoms with Gasteiger partial charge in [-0.15, -0.1) is 0 Å². The molecule has 2 amide bonds. The lowest BCUT2D eigenvalue weighted by Crippen LogP contribution is -2.15. The van der Waals surface area contributed by atoms with Gasteiger partial charge in [0.25, 0.3) is 11.8 Å². The molecule has 0 aromatic heterocycles. The van der Waals surface area contributed by atoms with Gasteiger partial charge < -0.3 is 29.6 Å². The molecule has 41 heavy (non-hydrogen) atoms. The molecule has 0 aliphatic heterocycles. The number of carbonyl (C=O) groups is 2. The number of rotatable bonds is 10. The summed E-state index contributed by atoms with van der Waals surface area (Å²) in [5.41, 5.74) is 1.19. The van der Waals surface area contributed by atoms with Gasteiger partial charge in [0.15, 0.2) is 0 Å². The second-order valence-electron chi connectivity index (χ2n) is 8.54. The van der Waals surface area contributed by atoms with Crippen LogP contribution in [0.15, 0.2) is 94.7 Å². The van der Waals surface area contributed by atoms with E-state index in [1.807, 2.05) is 0 Å². The van der Waals surface area contributed by atoms with Crippen LogP contribution in [0.1, 0.15) is 20.7 Å². The lowest BCUT2D eigenvalue weighted by molar-refractivity contribution is 0.101. The van der Waals surface area contributed by atoms with E-state index in [2.05, 4.69) is 10.6 Å². The smallest absolute Gasteiger partial charge is 0.263 e. The SMILES string of the molecule is COc1cccc(OC)c1C(=O)Nc1ccc(S(=O)(=O)c2ccc(NC(=O)c3c(OC)cccc3OC)cc2)cc1. The van der Waals surface area contributed by atoms with Crippen LogP contribution >= 0.6 is 0 Å². The molecule has 4 rings (SSSR count). The second-order valence-corrected chi connectivity index (χ2v) is 10.5. The Labute approximate surface area is 237 Å². The summed E-state index contributed by atoms with van der Waals surface area (Å²) in [6.45, 7) is 0. The molecule has 0 spiro atoms. The molecular weight excluding hydrogens is 548 g/mol. The summed E-state index contributed by atoms with van der Waals surface area (Å²) in [5.74, 6) is 0.396. The van der Waals surface area contributed by atoms with Crippen LogP contribution in [0.2, 0.25) is 0 Å². The van der Waals surface area contributed by atoms with E-state index in [1.54, 1.807) is 36.4 Å². The average molecular weight is 577 g/mol. The average Bonchev–Trinajstić information content (AvgIpc) is 3.00. The van der Waals surface area contributed by atoms with E-state index in [4.69, 9.17) is 18.9 Å². The molecule has 0 aliphatic carbocycles. The number of amides is 2. The molecular formula is C30H28N2O8S. The first kappa shape index (κ1) is 29.0. The standard InChI is InChI=1S/C30H28N2O8S/c1-37-23-7-5-8-24(38-2)27(23)29(33)31-19-11-15-21(16-12-19)41(35,36)22-17-13-20(14-18-22)32-30(34)28-25(39-3)9-6-10-26(28)40-4/h5-18H,1-4H3,(H,31,33)(H,32,34). The van der Waals surface area contributed by atoms with E-state index < -0.39 is 21.7 Å². The summed E-state index contributed by atoms with van der Waals surface area (Å²) >= 11 is 0. The van der Waals surface area contributed by atoms with Crippen LogP contribution in [0.25, 0.3) is 0 Å². The van der Waals surface area contributed by atoms with Crippen molar-refractivity contribution in [3.8, 4) is 23.0 Å². The maximum absolute atomic E-state index is 13.2. The van der Waals surface area contributed by atoms with Crippen molar-refractivity contribution in [1.82, 2.24) is 0 Å². The molecule has 4 aromatic rings. The fourth-order valence-electron chi connectivity index (χ4n) is 4.11. The van der Waals surface area contributed by atoms with E-state index in [9.17, 15) is 18.0 Å². The largest absolute Gasteiger partial charge is 0.496 e. The number of methoxy groups -OCH3 is 4. The van der Waals surface area contributed by atoms with Gasteiger partial charge in [0.1, 0.15) is 34.1 Å². The topological polar surface area (TPSA) is 129 Å². The van der Waals surface area contributed by atoms with Crippen molar-refractivity contribution in [3.05, 3.63) is 96.1 Å². The molecule has 0 bridgehead atoms. The van der Waals surface area contributed by atoms with Crippen molar-refractivity contribution >= 4 is 33.0 Å². The van der Waals surface area contributed by atoms with Crippen LogP contribution in [0.3, 0.4) is 0 Å². The molecule has 0 aliphatic rings. The summed E-state index contributed by atoms with van der Waals surface area (Å²) in [4.78, 5) is 25.9. The molecule has 212 valence electrons. The second kappa shape index (κ2) is 12.4. The number of sulfone groups is 1. The number of anilines is 2. The van der Waals surface area contributed by atoms with Gasteiger partial charge in [0, 0.05) is 11.4 Å². The van der Waals surface area contributed by atoms with Gasteiger partial charge in [-0.3, -0.25) is 9.59 Å². The van der Waals surface area contributed by atoms with Gasteiger partial charge in [-0.1, -0.05) is 12.1 Å². The Kier molecular flexibility index (Phi) is 8.78. The highest BCUT2D eigenvalue weighted by atomic mass is 32.2. The molecule has 10 nitrogen and oxygen atoms in total. The molecule has 4 aromatic carbocycles. The zero-order chi connectivity index (χ0) is 29.6. The van der Waals surface area contributed by atoms with Crippen LogP contribution in [-0.2, 0) is 9.84 Å². The molecule has 0 saturated heterocycles. The van der Waals surface area contributed by atoms with Gasteiger partial charge in [-0.25, -0.2) is 8.42 Å². The van der Waals surface area contributed by atoms with E-state index >= 15 is 0 Å². The molecule has 0 heterocycles. The number of benzene rings is 4. The number of nitrogens with one attached hydrogen (secondary N) is 2. The Morgan fingerprint density at radius 1 is 0.512 bits per heavy atom. The number of carbonyl (C=O) groups excluding carboxylic acids is 2. The number of hydrogen-bond acceptors (Lipinski definition) is 8. The fourth-order valence-corrected chi connectivity index (χ4v) is 5.37. The third kappa shape index (κ3) is 6.10. The Morgan fingerprint density at radius 3 is 1.07 bits per heavy atom. The lowest BCUT2D eigenvalue weighted by atomic mass is 10.1. The van der Waals surface area contributed by atoms with E-state index in [0.717, 1.165) is 0 Å². The summed E-state index contributed by atoms with van der Waals surface area (Å²) in [7, 11) is 1.91. The minimum absolute atomic E-state index is 0.0286. The van der Waals surface area contributed by atoms with Gasteiger partial charge in [0.2, 0.25) is 9.84 Å². The van der Waals surface area contributed by atoms with Crippen LogP contribution < -0.4 is 29.6 Å². The Hall–Kier alpha value is -5.03. The highest BCUT2D eigenvalue weighted by molar-refractivity contribution is 7.91. The van der Waals surface area contributed by atoms with Gasteiger partial charge in [-0.2, -0.15) is 0 Å². The molecule has 0 fully saturated rings. The fraction of sp³-hybridized carbons (Fsp3) is 0.133. The highest BCUT2D eigenvalue weighted by Gasteiger charge is 2.22. The van der Waals surface area contributed by atoms with Crippen molar-refractivity contribution in [2.75, 3.05) is 39.1 Å². The van der Waals surface area contributed by atoms with E-state index in [-0.39, 0.29) is 20.9 Å². The van der Waals surface area contributed by atoms with Crippen molar-refractivity contribution in [1.29, 1.82) is 0 Å². The number of hydrogen-bond donors (Lipinski definition) is 2. The third-order valence-electron chi connectivity index (χ3n) is 6.15. The monoisotopic (exact) mass is 576 g/mol. The van der Waals surface area contributed by atoms with Crippen molar-refractivity contribution in [3.63, 3.8) is 0 Å². The predicted octanol–water partition coefficient (Wildman–Crippen LogP) is 5.06. The normalized spacial score (nSPS) is 10.8. The molecule has 0 saturated carbocycles. The maximum atomic E-state index is 13.2. The van der Waals surface area contributed by atoms with Gasteiger partial charge in [-0.05, 0) is 72.8 Å². The zero-order valence-corrected chi connectivity index (χ0v) is 23.6. The Bertz CT molecular complexity index is 1500. The van der Waals surface area contributed by atoms with Crippen molar-refractivity contribution < 1.29 is 37.0 Å². The first-order valence-electron chi connectivity index (χ1n) is 12.2. The molecule has 0 unspecified atom stereocenters. The third-order valence-corrected chi connectivity index (χ3v) is 7.94. The summed E-state index contributed by atoms with van der Waals surface area (Å²) in [6, 6.07) is 21.5. The Morgan fingerprint density at radius 2 is 0.805 bits per heavy atom. The first-order valence-corrected chi connectivity index (χ1v) is 13.7. The van der Waals surface area contributed by atoms with Crippen LogP contribution in [0.4, 0.5) is 11.4 Å². The Balaban J connectivity index is 1.49. The zero-order valence-electron chi connectivity index (χ0n) is 22.8. The highest BCUT2D eigenvalue weighted by Crippen LogP contribution is 2.31. The molecule has 0 radical (unpaired) electrons. The summed E-state index contributed by atoms with van der Waals surface area (Å²) in [5, 5.41) is 5.46.